The minimum atomic E-state index is 0.223. The van der Waals surface area contributed by atoms with Gasteiger partial charge in [-0.15, -0.1) is 0 Å². The second-order valence-corrected chi connectivity index (χ2v) is 10.3. The topological polar surface area (TPSA) is 52.5 Å². The molecule has 3 heterocycles. The lowest BCUT2D eigenvalue weighted by molar-refractivity contribution is 0.119. The Hall–Kier alpha value is -2.28. The van der Waals surface area contributed by atoms with Crippen LogP contribution in [0.2, 0.25) is 10.0 Å². The molecule has 5 nitrogen and oxygen atoms in total. The molecule has 0 radical (unpaired) electrons. The van der Waals surface area contributed by atoms with Crippen molar-refractivity contribution < 1.29 is 5.11 Å². The number of β-amino-alcohol motifs (C(OH)–C–C–N with tert-alkyl or cyclic N) is 1. The Labute approximate surface area is 216 Å². The van der Waals surface area contributed by atoms with E-state index in [0.717, 1.165) is 95.1 Å². The Bertz CT molecular complexity index is 1220. The van der Waals surface area contributed by atoms with Crippen LogP contribution in [0.5, 0.6) is 0 Å². The van der Waals surface area contributed by atoms with Gasteiger partial charge in [0.2, 0.25) is 0 Å². The molecule has 0 aliphatic carbocycles. The van der Waals surface area contributed by atoms with Gasteiger partial charge in [-0.05, 0) is 79.4 Å². The third-order valence-electron chi connectivity index (χ3n) is 6.92. The van der Waals surface area contributed by atoms with Gasteiger partial charge in [0, 0.05) is 59.4 Å². The molecular weight excluding hydrogens is 479 g/mol. The van der Waals surface area contributed by atoms with Crippen LogP contribution in [0.4, 0.5) is 0 Å². The number of halogens is 2. The highest BCUT2D eigenvalue weighted by atomic mass is 35.5. The van der Waals surface area contributed by atoms with Crippen molar-refractivity contribution in [3.63, 3.8) is 0 Å². The maximum atomic E-state index is 9.29. The lowest BCUT2D eigenvalue weighted by Gasteiger charge is -2.35. The molecule has 0 saturated carbocycles. The van der Waals surface area contributed by atoms with Crippen molar-refractivity contribution in [2.24, 2.45) is 5.92 Å². The third kappa shape index (κ3) is 5.93. The number of hydrogen-bond acceptors (Lipinski definition) is 5. The van der Waals surface area contributed by atoms with Crippen LogP contribution in [0.15, 0.2) is 60.9 Å². The van der Waals surface area contributed by atoms with Crippen molar-refractivity contribution >= 4 is 45.0 Å². The number of aliphatic hydroxyl groups is 1. The zero-order chi connectivity index (χ0) is 24.2. The van der Waals surface area contributed by atoms with Gasteiger partial charge in [0.05, 0.1) is 17.6 Å². The van der Waals surface area contributed by atoms with Crippen LogP contribution in [0.1, 0.15) is 24.0 Å². The van der Waals surface area contributed by atoms with E-state index >= 15 is 0 Å². The van der Waals surface area contributed by atoms with E-state index in [4.69, 9.17) is 23.2 Å². The van der Waals surface area contributed by atoms with Gasteiger partial charge in [-0.25, -0.2) is 0 Å². The molecule has 0 spiro atoms. The summed E-state index contributed by atoms with van der Waals surface area (Å²) in [6.45, 7) is 5.49. The van der Waals surface area contributed by atoms with E-state index in [1.807, 2.05) is 48.8 Å². The third-order valence-corrected chi connectivity index (χ3v) is 7.36. The monoisotopic (exact) mass is 508 g/mol. The summed E-state index contributed by atoms with van der Waals surface area (Å²) in [5.74, 6) is 0.585. The van der Waals surface area contributed by atoms with Crippen LogP contribution in [0, 0.1) is 5.92 Å². The van der Waals surface area contributed by atoms with E-state index in [1.54, 1.807) is 0 Å². The van der Waals surface area contributed by atoms with E-state index < -0.39 is 0 Å². The van der Waals surface area contributed by atoms with E-state index in [1.165, 1.54) is 0 Å². The number of hydrogen-bond donors (Lipinski definition) is 1. The number of nitrogens with zero attached hydrogens (tertiary/aromatic N) is 4. The molecule has 7 heteroatoms. The number of pyridine rings is 2. The second-order valence-electron chi connectivity index (χ2n) is 9.46. The largest absolute Gasteiger partial charge is 0.395 e. The summed E-state index contributed by atoms with van der Waals surface area (Å²) in [6, 6.07) is 16.1. The Balaban J connectivity index is 1.45. The summed E-state index contributed by atoms with van der Waals surface area (Å²) in [4.78, 5) is 14.2. The number of rotatable bonds is 8. The van der Waals surface area contributed by atoms with Crippen LogP contribution in [0.3, 0.4) is 0 Å². The van der Waals surface area contributed by atoms with Crippen molar-refractivity contribution in [1.82, 2.24) is 19.8 Å². The number of likely N-dealkylation sites (tertiary alicyclic amines) is 1. The Morgan fingerprint density at radius 2 is 1.40 bits per heavy atom. The number of aliphatic hydroxyl groups excluding tert-OH is 1. The molecule has 1 N–H and O–H groups in total. The predicted octanol–water partition coefficient (Wildman–Crippen LogP) is 5.80. The van der Waals surface area contributed by atoms with Gasteiger partial charge in [-0.2, -0.15) is 0 Å². The first-order chi connectivity index (χ1) is 17.1. The van der Waals surface area contributed by atoms with Crippen LogP contribution < -0.4 is 0 Å². The van der Waals surface area contributed by atoms with Crippen LogP contribution in [-0.4, -0.2) is 57.7 Å². The summed E-state index contributed by atoms with van der Waals surface area (Å²) < 4.78 is 0. The maximum Gasteiger partial charge on any atom is 0.0747 e. The molecule has 1 fully saturated rings. The Morgan fingerprint density at radius 1 is 0.857 bits per heavy atom. The molecule has 1 saturated heterocycles. The van der Waals surface area contributed by atoms with Gasteiger partial charge in [0.1, 0.15) is 0 Å². The van der Waals surface area contributed by atoms with Gasteiger partial charge < -0.3 is 10.0 Å². The summed E-state index contributed by atoms with van der Waals surface area (Å²) in [7, 11) is 0. The molecule has 1 aliphatic rings. The van der Waals surface area contributed by atoms with Crippen LogP contribution in [0.25, 0.3) is 21.8 Å². The Morgan fingerprint density at radius 3 is 1.91 bits per heavy atom. The normalized spacial score (nSPS) is 15.4. The van der Waals surface area contributed by atoms with Crippen molar-refractivity contribution in [1.29, 1.82) is 0 Å². The summed E-state index contributed by atoms with van der Waals surface area (Å²) in [6.07, 6.45) is 5.93. The van der Waals surface area contributed by atoms with E-state index in [-0.39, 0.29) is 6.61 Å². The van der Waals surface area contributed by atoms with Crippen molar-refractivity contribution in [3.8, 4) is 0 Å². The number of aromatic nitrogens is 2. The quantitative estimate of drug-likeness (QED) is 0.326. The van der Waals surface area contributed by atoms with Gasteiger partial charge in [-0.3, -0.25) is 14.9 Å². The van der Waals surface area contributed by atoms with E-state index in [9.17, 15) is 5.11 Å². The average Bonchev–Trinajstić information content (AvgIpc) is 2.85. The average molecular weight is 509 g/mol. The summed E-state index contributed by atoms with van der Waals surface area (Å²) >= 11 is 13.0. The molecule has 2 aromatic carbocycles. The lowest BCUT2D eigenvalue weighted by atomic mass is 9.95. The number of fused-ring (bicyclic) bond motifs is 2. The zero-order valence-corrected chi connectivity index (χ0v) is 21.2. The molecule has 182 valence electrons. The number of piperidine rings is 1. The van der Waals surface area contributed by atoms with Gasteiger partial charge in [0.15, 0.2) is 0 Å². The smallest absolute Gasteiger partial charge is 0.0747 e. The highest BCUT2D eigenvalue weighted by Gasteiger charge is 2.23. The molecule has 0 amide bonds. The molecule has 5 rings (SSSR count). The van der Waals surface area contributed by atoms with E-state index in [2.05, 4.69) is 31.9 Å². The fourth-order valence-corrected chi connectivity index (χ4v) is 5.76. The van der Waals surface area contributed by atoms with Gasteiger partial charge >= 0.3 is 0 Å². The minimum absolute atomic E-state index is 0.223. The first-order valence-electron chi connectivity index (χ1n) is 12.2. The molecule has 0 atom stereocenters. The van der Waals surface area contributed by atoms with Crippen LogP contribution >= 0.6 is 23.2 Å². The van der Waals surface area contributed by atoms with Crippen molar-refractivity contribution in [2.45, 2.75) is 25.9 Å². The summed E-state index contributed by atoms with van der Waals surface area (Å²) in [5.41, 5.74) is 4.25. The lowest BCUT2D eigenvalue weighted by Crippen LogP contribution is -2.39. The molecule has 2 aromatic heterocycles. The SMILES string of the molecule is OCCN1CCC(CN(Cc2cc(Cl)cc3cccnc23)Cc2cc(Cl)cc3cccnc23)CC1. The van der Waals surface area contributed by atoms with Crippen molar-refractivity contribution in [3.05, 3.63) is 82.1 Å². The number of benzene rings is 2. The fraction of sp³-hybridized carbons (Fsp3) is 0.357. The molecule has 35 heavy (non-hydrogen) atoms. The van der Waals surface area contributed by atoms with Crippen LogP contribution in [-0.2, 0) is 13.1 Å². The first kappa shape index (κ1) is 24.4. The highest BCUT2D eigenvalue weighted by molar-refractivity contribution is 6.31. The predicted molar refractivity (Wildman–Crippen MR) is 144 cm³/mol. The first-order valence-corrected chi connectivity index (χ1v) is 13.0. The zero-order valence-electron chi connectivity index (χ0n) is 19.7. The second kappa shape index (κ2) is 11.2. The van der Waals surface area contributed by atoms with Gasteiger partial charge in [0.25, 0.3) is 0 Å². The molecule has 0 bridgehead atoms. The van der Waals surface area contributed by atoms with E-state index in [0.29, 0.717) is 5.92 Å². The Kier molecular flexibility index (Phi) is 7.81. The molecule has 4 aromatic rings. The van der Waals surface area contributed by atoms with Gasteiger partial charge in [-0.1, -0.05) is 35.3 Å². The minimum Gasteiger partial charge on any atom is -0.395 e. The standard InChI is InChI=1S/C28H30Cl2N4O/c29-25-13-21-3-1-7-31-27(21)23(15-25)18-34(17-20-5-9-33(10-6-20)11-12-35)19-24-16-26(30)14-22-4-2-8-32-28(22)24/h1-4,7-8,13-16,20,35H,5-6,9-12,17-19H2. The summed E-state index contributed by atoms with van der Waals surface area (Å²) in [5, 5.41) is 12.9. The fourth-order valence-electron chi connectivity index (χ4n) is 5.26. The molecular formula is C28H30Cl2N4O. The highest BCUT2D eigenvalue weighted by Crippen LogP contribution is 2.28. The maximum absolute atomic E-state index is 9.29. The molecule has 1 aliphatic heterocycles. The van der Waals surface area contributed by atoms with Crippen molar-refractivity contribution in [2.75, 3.05) is 32.8 Å². The molecule has 0 unspecified atom stereocenters.